The van der Waals surface area contributed by atoms with Gasteiger partial charge >= 0.3 is 0 Å². The molecule has 0 radical (unpaired) electrons. The van der Waals surface area contributed by atoms with Crippen LogP contribution in [0, 0.1) is 11.3 Å². The van der Waals surface area contributed by atoms with E-state index in [1.165, 1.54) is 24.4 Å². The minimum Gasteiger partial charge on any atom is -0.372 e. The van der Waals surface area contributed by atoms with Crippen LogP contribution >= 0.6 is 15.9 Å². The fraction of sp³-hybridized carbons (Fsp3) is 0.0769. The van der Waals surface area contributed by atoms with Crippen LogP contribution in [0.5, 0.6) is 0 Å². The number of sulfonamides is 1. The maximum Gasteiger partial charge on any atom is 0.265 e. The number of pyridine rings is 1. The number of nitrogens with one attached hydrogen (secondary N) is 2. The summed E-state index contributed by atoms with van der Waals surface area (Å²) in [6.45, 7) is 0. The quantitative estimate of drug-likeness (QED) is 0.866. The van der Waals surface area contributed by atoms with E-state index in [1.807, 2.05) is 6.07 Å². The third-order valence-corrected chi connectivity index (χ3v) is 4.53. The molecule has 1 aromatic heterocycles. The van der Waals surface area contributed by atoms with E-state index in [4.69, 9.17) is 5.26 Å². The molecule has 0 aliphatic heterocycles. The largest absolute Gasteiger partial charge is 0.372 e. The predicted molar refractivity (Wildman–Crippen MR) is 83.4 cm³/mol. The number of hydrogen-bond acceptors (Lipinski definition) is 5. The summed E-state index contributed by atoms with van der Waals surface area (Å²) in [5.41, 5.74) is 0.439. The lowest BCUT2D eigenvalue weighted by molar-refractivity contribution is 0.601. The number of aromatic nitrogens is 1. The molecule has 0 saturated heterocycles. The Morgan fingerprint density at radius 2 is 2.10 bits per heavy atom. The molecule has 6 nitrogen and oxygen atoms in total. The Morgan fingerprint density at radius 1 is 1.33 bits per heavy atom. The van der Waals surface area contributed by atoms with Crippen LogP contribution in [0.3, 0.4) is 0 Å². The smallest absolute Gasteiger partial charge is 0.265 e. The molecule has 1 aromatic carbocycles. The summed E-state index contributed by atoms with van der Waals surface area (Å²) in [7, 11) is -2.26. The molecule has 0 spiro atoms. The summed E-state index contributed by atoms with van der Waals surface area (Å²) in [5.74, 6) is 0.237. The van der Waals surface area contributed by atoms with Crippen LogP contribution in [0.15, 0.2) is 45.9 Å². The van der Waals surface area contributed by atoms with Gasteiger partial charge in [-0.2, -0.15) is 5.26 Å². The molecule has 21 heavy (non-hydrogen) atoms. The molecule has 0 amide bonds. The molecule has 0 unspecified atom stereocenters. The first-order valence-corrected chi connectivity index (χ1v) is 8.11. The SMILES string of the molecule is CNc1ncccc1S(=O)(=O)Nc1ccc(Br)cc1C#N. The zero-order valence-corrected chi connectivity index (χ0v) is 13.4. The molecule has 108 valence electrons. The first-order chi connectivity index (χ1) is 9.97. The molecule has 2 rings (SSSR count). The molecule has 0 bridgehead atoms. The van der Waals surface area contributed by atoms with Crippen molar-refractivity contribution in [3.63, 3.8) is 0 Å². The highest BCUT2D eigenvalue weighted by Gasteiger charge is 2.20. The summed E-state index contributed by atoms with van der Waals surface area (Å²) in [6, 6.07) is 9.64. The average molecular weight is 367 g/mol. The molecule has 0 saturated carbocycles. The van der Waals surface area contributed by atoms with Gasteiger partial charge in [0.2, 0.25) is 0 Å². The van der Waals surface area contributed by atoms with Crippen LogP contribution in [0.1, 0.15) is 5.56 Å². The van der Waals surface area contributed by atoms with Crippen LogP contribution < -0.4 is 10.0 Å². The van der Waals surface area contributed by atoms with Crippen LogP contribution in [0.4, 0.5) is 11.5 Å². The zero-order valence-electron chi connectivity index (χ0n) is 11.0. The van der Waals surface area contributed by atoms with Crippen molar-refractivity contribution in [2.45, 2.75) is 4.90 Å². The number of nitriles is 1. The summed E-state index contributed by atoms with van der Waals surface area (Å²) in [6.07, 6.45) is 1.49. The van der Waals surface area contributed by atoms with Crippen LogP contribution in [0.25, 0.3) is 0 Å². The van der Waals surface area contributed by atoms with E-state index >= 15 is 0 Å². The third kappa shape index (κ3) is 3.32. The molecular formula is C13H11BrN4O2S. The van der Waals surface area contributed by atoms with Gasteiger partial charge in [0, 0.05) is 17.7 Å². The van der Waals surface area contributed by atoms with Gasteiger partial charge in [0.1, 0.15) is 16.8 Å². The highest BCUT2D eigenvalue weighted by atomic mass is 79.9. The molecule has 0 atom stereocenters. The van der Waals surface area contributed by atoms with E-state index in [1.54, 1.807) is 19.2 Å². The van der Waals surface area contributed by atoms with Gasteiger partial charge in [0.15, 0.2) is 0 Å². The first kappa shape index (κ1) is 15.3. The van der Waals surface area contributed by atoms with Crippen molar-refractivity contribution in [1.29, 1.82) is 5.26 Å². The van der Waals surface area contributed by atoms with E-state index < -0.39 is 10.0 Å². The van der Waals surface area contributed by atoms with E-state index in [9.17, 15) is 8.42 Å². The van der Waals surface area contributed by atoms with Gasteiger partial charge < -0.3 is 5.32 Å². The zero-order chi connectivity index (χ0) is 15.5. The van der Waals surface area contributed by atoms with E-state index in [-0.39, 0.29) is 22.0 Å². The van der Waals surface area contributed by atoms with Gasteiger partial charge in [0.25, 0.3) is 10.0 Å². The number of benzene rings is 1. The fourth-order valence-electron chi connectivity index (χ4n) is 1.69. The highest BCUT2D eigenvalue weighted by Crippen LogP contribution is 2.25. The second kappa shape index (κ2) is 6.11. The van der Waals surface area contributed by atoms with Crippen molar-refractivity contribution in [3.05, 3.63) is 46.6 Å². The number of anilines is 2. The van der Waals surface area contributed by atoms with Gasteiger partial charge in [-0.1, -0.05) is 15.9 Å². The standard InChI is InChI=1S/C13H11BrN4O2S/c1-16-13-12(3-2-6-17-13)21(19,20)18-11-5-4-10(14)7-9(11)8-15/h2-7,18H,1H3,(H,16,17). The van der Waals surface area contributed by atoms with Crippen molar-refractivity contribution in [3.8, 4) is 6.07 Å². The Balaban J connectivity index is 2.46. The highest BCUT2D eigenvalue weighted by molar-refractivity contribution is 9.10. The van der Waals surface area contributed by atoms with Gasteiger partial charge in [0.05, 0.1) is 11.3 Å². The lowest BCUT2D eigenvalue weighted by atomic mass is 10.2. The second-order valence-electron chi connectivity index (χ2n) is 4.01. The third-order valence-electron chi connectivity index (χ3n) is 2.64. The van der Waals surface area contributed by atoms with Gasteiger partial charge in [-0.25, -0.2) is 13.4 Å². The number of hydrogen-bond donors (Lipinski definition) is 2. The van der Waals surface area contributed by atoms with E-state index in [0.717, 1.165) is 0 Å². The number of rotatable bonds is 4. The van der Waals surface area contributed by atoms with E-state index in [2.05, 4.69) is 31.0 Å². The number of halogens is 1. The molecule has 2 N–H and O–H groups in total. The van der Waals surface area contributed by atoms with Crippen molar-refractivity contribution in [2.75, 3.05) is 17.1 Å². The van der Waals surface area contributed by atoms with Gasteiger partial charge in [-0.05, 0) is 30.3 Å². The van der Waals surface area contributed by atoms with Crippen molar-refractivity contribution in [2.24, 2.45) is 0 Å². The van der Waals surface area contributed by atoms with Crippen molar-refractivity contribution >= 4 is 37.5 Å². The molecule has 0 aliphatic carbocycles. The normalized spacial score (nSPS) is 10.7. The van der Waals surface area contributed by atoms with Crippen LogP contribution in [-0.4, -0.2) is 20.4 Å². The molecule has 0 fully saturated rings. The lowest BCUT2D eigenvalue weighted by Crippen LogP contribution is -2.16. The van der Waals surface area contributed by atoms with Crippen molar-refractivity contribution in [1.82, 2.24) is 4.98 Å². The maximum atomic E-state index is 12.4. The minimum absolute atomic E-state index is 0.0132. The molecule has 2 aromatic rings. The Labute approximate surface area is 131 Å². The summed E-state index contributed by atoms with van der Waals surface area (Å²) in [4.78, 5) is 3.97. The Hall–Kier alpha value is -2.11. The summed E-state index contributed by atoms with van der Waals surface area (Å²) < 4.78 is 27.9. The first-order valence-electron chi connectivity index (χ1n) is 5.83. The average Bonchev–Trinajstić information content (AvgIpc) is 2.48. The summed E-state index contributed by atoms with van der Waals surface area (Å²) in [5, 5.41) is 11.8. The van der Waals surface area contributed by atoms with Gasteiger partial charge in [-0.15, -0.1) is 0 Å². The maximum absolute atomic E-state index is 12.4. The Morgan fingerprint density at radius 3 is 2.76 bits per heavy atom. The van der Waals surface area contributed by atoms with E-state index in [0.29, 0.717) is 4.47 Å². The summed E-state index contributed by atoms with van der Waals surface area (Å²) >= 11 is 3.24. The van der Waals surface area contributed by atoms with Gasteiger partial charge in [-0.3, -0.25) is 4.72 Å². The van der Waals surface area contributed by atoms with Crippen LogP contribution in [-0.2, 0) is 10.0 Å². The predicted octanol–water partition coefficient (Wildman–Crippen LogP) is 2.56. The Kier molecular flexibility index (Phi) is 4.45. The second-order valence-corrected chi connectivity index (χ2v) is 6.57. The lowest BCUT2D eigenvalue weighted by Gasteiger charge is -2.12. The number of nitrogens with zero attached hydrogens (tertiary/aromatic N) is 2. The fourth-order valence-corrected chi connectivity index (χ4v) is 3.30. The monoisotopic (exact) mass is 366 g/mol. The molecular weight excluding hydrogens is 356 g/mol. The van der Waals surface area contributed by atoms with Crippen molar-refractivity contribution < 1.29 is 8.42 Å². The Bertz CT molecular complexity index is 815. The molecule has 8 heteroatoms. The minimum atomic E-state index is -3.84. The molecule has 0 aliphatic rings. The molecule has 1 heterocycles. The topological polar surface area (TPSA) is 94.9 Å². The van der Waals surface area contributed by atoms with Crippen LogP contribution in [0.2, 0.25) is 0 Å².